The van der Waals surface area contributed by atoms with E-state index in [1.807, 2.05) is 12.1 Å². The summed E-state index contributed by atoms with van der Waals surface area (Å²) in [6.07, 6.45) is 0.882. The van der Waals surface area contributed by atoms with Crippen LogP contribution in [0, 0.1) is 11.6 Å². The summed E-state index contributed by atoms with van der Waals surface area (Å²) in [5, 5.41) is 14.2. The largest absolute Gasteiger partial charge is 0.335 e. The van der Waals surface area contributed by atoms with E-state index in [4.69, 9.17) is 0 Å². The van der Waals surface area contributed by atoms with E-state index in [0.29, 0.717) is 18.2 Å². The van der Waals surface area contributed by atoms with Gasteiger partial charge in [0.1, 0.15) is 17.2 Å². The number of amides is 1. The predicted molar refractivity (Wildman–Crippen MR) is 109 cm³/mol. The first-order valence-corrected chi connectivity index (χ1v) is 9.46. The maximum atomic E-state index is 13.8. The van der Waals surface area contributed by atoms with Crippen LogP contribution in [0.2, 0.25) is 0 Å². The molecule has 154 valence electrons. The van der Waals surface area contributed by atoms with Gasteiger partial charge in [-0.25, -0.2) is 13.5 Å². The average Bonchev–Trinajstić information content (AvgIpc) is 3.15. The summed E-state index contributed by atoms with van der Waals surface area (Å²) in [4.78, 5) is 14.4. The Hall–Kier alpha value is -3.62. The van der Waals surface area contributed by atoms with Crippen LogP contribution in [0.25, 0.3) is 5.57 Å². The maximum Gasteiger partial charge on any atom is 0.261 e. The molecule has 4 rings (SSSR count). The summed E-state index contributed by atoms with van der Waals surface area (Å²) in [5.41, 5.74) is 3.28. The SMILES string of the molecule is CC1=C(c2ccc(NC(=O)c3c(F)cccc3F)cc2)CN(c2nnnn2C)CC1. The van der Waals surface area contributed by atoms with Gasteiger partial charge in [0.15, 0.2) is 0 Å². The van der Waals surface area contributed by atoms with Gasteiger partial charge in [-0.1, -0.05) is 28.9 Å². The Kier molecular flexibility index (Phi) is 5.26. The highest BCUT2D eigenvalue weighted by atomic mass is 19.1. The second kappa shape index (κ2) is 8.02. The number of hydrogen-bond acceptors (Lipinski definition) is 5. The normalized spacial score (nSPS) is 14.2. The van der Waals surface area contributed by atoms with Crippen molar-refractivity contribution in [2.75, 3.05) is 23.3 Å². The summed E-state index contributed by atoms with van der Waals surface area (Å²) in [5.74, 6) is -1.92. The average molecular weight is 410 g/mol. The van der Waals surface area contributed by atoms with Gasteiger partial charge in [-0.15, -0.1) is 0 Å². The lowest BCUT2D eigenvalue weighted by atomic mass is 9.95. The molecule has 1 N–H and O–H groups in total. The van der Waals surface area contributed by atoms with Crippen molar-refractivity contribution in [3.05, 3.63) is 70.8 Å². The van der Waals surface area contributed by atoms with Crippen LogP contribution in [0.1, 0.15) is 29.3 Å². The van der Waals surface area contributed by atoms with E-state index >= 15 is 0 Å². The van der Waals surface area contributed by atoms with E-state index in [1.54, 1.807) is 23.9 Å². The molecular formula is C21H20F2N6O. The van der Waals surface area contributed by atoms with Crippen molar-refractivity contribution in [1.29, 1.82) is 0 Å². The number of nitrogens with one attached hydrogen (secondary N) is 1. The van der Waals surface area contributed by atoms with Crippen molar-refractivity contribution in [2.45, 2.75) is 13.3 Å². The number of tetrazole rings is 1. The molecule has 0 bridgehead atoms. The lowest BCUT2D eigenvalue weighted by Gasteiger charge is -2.30. The van der Waals surface area contributed by atoms with Gasteiger partial charge in [-0.3, -0.25) is 4.79 Å². The summed E-state index contributed by atoms with van der Waals surface area (Å²) in [7, 11) is 1.80. The van der Waals surface area contributed by atoms with Crippen molar-refractivity contribution < 1.29 is 13.6 Å². The van der Waals surface area contributed by atoms with Gasteiger partial charge in [0, 0.05) is 25.8 Å². The molecule has 7 nitrogen and oxygen atoms in total. The van der Waals surface area contributed by atoms with Crippen molar-refractivity contribution in [1.82, 2.24) is 20.2 Å². The molecule has 2 heterocycles. The van der Waals surface area contributed by atoms with Crippen molar-refractivity contribution in [3.63, 3.8) is 0 Å². The topological polar surface area (TPSA) is 75.9 Å². The van der Waals surface area contributed by atoms with Crippen LogP contribution < -0.4 is 10.2 Å². The number of aryl methyl sites for hydroxylation is 1. The van der Waals surface area contributed by atoms with Crippen LogP contribution in [0.4, 0.5) is 20.4 Å². The highest BCUT2D eigenvalue weighted by Crippen LogP contribution is 2.29. The van der Waals surface area contributed by atoms with E-state index in [1.165, 1.54) is 11.6 Å². The van der Waals surface area contributed by atoms with Gasteiger partial charge in [0.25, 0.3) is 5.91 Å². The summed E-state index contributed by atoms with van der Waals surface area (Å²) >= 11 is 0. The molecule has 1 aliphatic rings. The standard InChI is InChI=1S/C21H20F2N6O/c1-13-10-11-29(21-25-26-27-28(21)2)12-16(13)14-6-8-15(9-7-14)24-20(30)19-17(22)4-3-5-18(19)23/h3-9H,10-12H2,1-2H3,(H,24,30). The highest BCUT2D eigenvalue weighted by molar-refractivity contribution is 6.04. The molecule has 3 aromatic rings. The molecule has 0 saturated heterocycles. The molecule has 0 atom stereocenters. The number of aromatic nitrogens is 4. The van der Waals surface area contributed by atoms with Crippen molar-refractivity contribution >= 4 is 23.1 Å². The zero-order valence-electron chi connectivity index (χ0n) is 16.6. The zero-order chi connectivity index (χ0) is 21.3. The number of benzene rings is 2. The Morgan fingerprint density at radius 3 is 2.43 bits per heavy atom. The van der Waals surface area contributed by atoms with E-state index in [-0.39, 0.29) is 0 Å². The zero-order valence-corrected chi connectivity index (χ0v) is 16.6. The lowest BCUT2D eigenvalue weighted by Crippen LogP contribution is -2.33. The second-order valence-corrected chi connectivity index (χ2v) is 7.16. The number of nitrogens with zero attached hydrogens (tertiary/aromatic N) is 5. The summed E-state index contributed by atoms with van der Waals surface area (Å²) < 4.78 is 29.3. The van der Waals surface area contributed by atoms with Crippen LogP contribution in [-0.2, 0) is 7.05 Å². The number of carbonyl (C=O) groups excluding carboxylic acids is 1. The van der Waals surface area contributed by atoms with Crippen LogP contribution in [0.5, 0.6) is 0 Å². The third-order valence-corrected chi connectivity index (χ3v) is 5.18. The Morgan fingerprint density at radius 2 is 1.80 bits per heavy atom. The fourth-order valence-corrected chi connectivity index (χ4v) is 3.52. The first-order chi connectivity index (χ1) is 14.4. The van der Waals surface area contributed by atoms with Crippen LogP contribution in [0.15, 0.2) is 48.0 Å². The van der Waals surface area contributed by atoms with Crippen molar-refractivity contribution in [3.8, 4) is 0 Å². The van der Waals surface area contributed by atoms with E-state index < -0.39 is 23.1 Å². The third-order valence-electron chi connectivity index (χ3n) is 5.18. The molecular weight excluding hydrogens is 390 g/mol. The molecule has 0 aliphatic carbocycles. The van der Waals surface area contributed by atoms with Crippen LogP contribution >= 0.6 is 0 Å². The van der Waals surface area contributed by atoms with E-state index in [2.05, 4.69) is 32.7 Å². The number of hydrogen-bond donors (Lipinski definition) is 1. The van der Waals surface area contributed by atoms with Crippen molar-refractivity contribution in [2.24, 2.45) is 7.05 Å². The minimum absolute atomic E-state index is 0.454. The summed E-state index contributed by atoms with van der Waals surface area (Å²) in [6.45, 7) is 3.58. The summed E-state index contributed by atoms with van der Waals surface area (Å²) in [6, 6.07) is 10.5. The smallest absolute Gasteiger partial charge is 0.261 e. The molecule has 0 saturated carbocycles. The predicted octanol–water partition coefficient (Wildman–Crippen LogP) is 3.42. The van der Waals surface area contributed by atoms with Gasteiger partial charge in [0.2, 0.25) is 5.95 Å². The fourth-order valence-electron chi connectivity index (χ4n) is 3.52. The van der Waals surface area contributed by atoms with E-state index in [9.17, 15) is 13.6 Å². The van der Waals surface area contributed by atoms with Gasteiger partial charge in [-0.05, 0) is 59.2 Å². The first-order valence-electron chi connectivity index (χ1n) is 9.46. The molecule has 30 heavy (non-hydrogen) atoms. The fraction of sp³-hybridized carbons (Fsp3) is 0.238. The van der Waals surface area contributed by atoms with Gasteiger partial charge in [0.05, 0.1) is 0 Å². The molecule has 9 heteroatoms. The second-order valence-electron chi connectivity index (χ2n) is 7.16. The molecule has 1 aliphatic heterocycles. The molecule has 1 aromatic heterocycles. The first kappa shape index (κ1) is 19.7. The number of rotatable bonds is 4. The third kappa shape index (κ3) is 3.78. The monoisotopic (exact) mass is 410 g/mol. The highest BCUT2D eigenvalue weighted by Gasteiger charge is 2.22. The quantitative estimate of drug-likeness (QED) is 0.713. The number of halogens is 2. The van der Waals surface area contributed by atoms with Gasteiger partial charge in [-0.2, -0.15) is 0 Å². The van der Waals surface area contributed by atoms with Crippen LogP contribution in [0.3, 0.4) is 0 Å². The lowest BCUT2D eigenvalue weighted by molar-refractivity contribution is 0.101. The molecule has 0 spiro atoms. The number of carbonyl (C=O) groups is 1. The molecule has 1 amide bonds. The van der Waals surface area contributed by atoms with E-state index in [0.717, 1.165) is 36.2 Å². The Morgan fingerprint density at radius 1 is 1.10 bits per heavy atom. The minimum atomic E-state index is -0.898. The maximum absolute atomic E-state index is 13.8. The number of anilines is 2. The Bertz CT molecular complexity index is 1100. The molecule has 0 unspecified atom stereocenters. The molecule has 0 fully saturated rings. The molecule has 2 aromatic carbocycles. The van der Waals surface area contributed by atoms with Gasteiger partial charge < -0.3 is 10.2 Å². The van der Waals surface area contributed by atoms with Gasteiger partial charge >= 0.3 is 0 Å². The van der Waals surface area contributed by atoms with Crippen LogP contribution in [-0.4, -0.2) is 39.2 Å². The Labute approximate surface area is 172 Å². The molecule has 0 radical (unpaired) electrons. The Balaban J connectivity index is 1.52. The minimum Gasteiger partial charge on any atom is -0.335 e.